The van der Waals surface area contributed by atoms with Crippen LogP contribution in [0.2, 0.25) is 0 Å². The van der Waals surface area contributed by atoms with Crippen LogP contribution in [0.4, 0.5) is 0 Å². The third-order valence-electron chi connectivity index (χ3n) is 5.06. The molecule has 0 aliphatic carbocycles. The van der Waals surface area contributed by atoms with E-state index in [1.807, 2.05) is 13.1 Å². The number of aryl methyl sites for hydroxylation is 3. The fraction of sp³-hybridized carbons (Fsp3) is 0.474. The van der Waals surface area contributed by atoms with Crippen molar-refractivity contribution in [2.45, 2.75) is 52.7 Å². The molecule has 0 saturated heterocycles. The molecular weight excluding hydrogens is 314 g/mol. The maximum atomic E-state index is 5.93. The molecule has 25 heavy (non-hydrogen) atoms. The average molecular weight is 339 g/mol. The van der Waals surface area contributed by atoms with Gasteiger partial charge in [0.2, 0.25) is 0 Å². The van der Waals surface area contributed by atoms with E-state index in [2.05, 4.69) is 50.5 Å². The summed E-state index contributed by atoms with van der Waals surface area (Å²) in [7, 11) is 0. The van der Waals surface area contributed by atoms with Crippen LogP contribution >= 0.6 is 0 Å². The Labute approximate surface area is 147 Å². The lowest BCUT2D eigenvalue weighted by molar-refractivity contribution is 0.175. The van der Waals surface area contributed by atoms with Crippen molar-refractivity contribution >= 4 is 0 Å². The van der Waals surface area contributed by atoms with Gasteiger partial charge in [-0.15, -0.1) is 0 Å². The van der Waals surface area contributed by atoms with Gasteiger partial charge in [0.05, 0.1) is 18.6 Å². The first-order chi connectivity index (χ1) is 12.2. The highest BCUT2D eigenvalue weighted by molar-refractivity contribution is 5.27. The maximum Gasteiger partial charge on any atom is 0.132 e. The molecule has 4 heterocycles. The summed E-state index contributed by atoms with van der Waals surface area (Å²) in [5, 5.41) is 0. The summed E-state index contributed by atoms with van der Waals surface area (Å²) in [5.74, 6) is 3.07. The van der Waals surface area contributed by atoms with Gasteiger partial charge in [0.25, 0.3) is 0 Å². The summed E-state index contributed by atoms with van der Waals surface area (Å²) in [5.41, 5.74) is 3.52. The summed E-state index contributed by atoms with van der Waals surface area (Å²) in [6, 6.07) is 2.20. The summed E-state index contributed by atoms with van der Waals surface area (Å²) >= 11 is 0. The van der Waals surface area contributed by atoms with Crippen LogP contribution in [-0.2, 0) is 19.5 Å². The summed E-state index contributed by atoms with van der Waals surface area (Å²) in [4.78, 5) is 15.0. The number of aromatic amines is 1. The summed E-state index contributed by atoms with van der Waals surface area (Å²) < 4.78 is 8.18. The zero-order chi connectivity index (χ0) is 17.4. The topological polar surface area (TPSA) is 62.9 Å². The zero-order valence-electron chi connectivity index (χ0n) is 15.1. The Bertz CT molecular complexity index is 839. The number of nitrogens with one attached hydrogen (secondary N) is 1. The fourth-order valence-corrected chi connectivity index (χ4v) is 3.71. The lowest BCUT2D eigenvalue weighted by Gasteiger charge is -2.34. The van der Waals surface area contributed by atoms with E-state index in [-0.39, 0.29) is 6.04 Å². The Kier molecular flexibility index (Phi) is 4.21. The van der Waals surface area contributed by atoms with E-state index >= 15 is 0 Å². The maximum absolute atomic E-state index is 5.93. The van der Waals surface area contributed by atoms with E-state index in [1.54, 1.807) is 6.33 Å². The number of fused-ring (bicyclic) bond motifs is 1. The molecule has 0 radical (unpaired) electrons. The molecule has 3 aromatic heterocycles. The van der Waals surface area contributed by atoms with Crippen LogP contribution in [0.5, 0.6) is 0 Å². The highest BCUT2D eigenvalue weighted by atomic mass is 16.3. The van der Waals surface area contributed by atoms with Crippen LogP contribution in [0.25, 0.3) is 0 Å². The molecule has 1 N–H and O–H groups in total. The van der Waals surface area contributed by atoms with Crippen LogP contribution in [0.15, 0.2) is 29.2 Å². The summed E-state index contributed by atoms with van der Waals surface area (Å²) in [6.07, 6.45) is 7.82. The molecule has 132 valence electrons. The van der Waals surface area contributed by atoms with Gasteiger partial charge in [0.15, 0.2) is 0 Å². The van der Waals surface area contributed by atoms with Gasteiger partial charge in [-0.05, 0) is 31.9 Å². The SMILES string of the molecule is CCCn1ccnc1C1c2nc[nH]c2CCN1Cc1cc(C)c(C)o1. The fourth-order valence-electron chi connectivity index (χ4n) is 3.71. The lowest BCUT2D eigenvalue weighted by Crippen LogP contribution is -2.37. The number of hydrogen-bond donors (Lipinski definition) is 1. The largest absolute Gasteiger partial charge is 0.465 e. The minimum Gasteiger partial charge on any atom is -0.465 e. The molecule has 6 heteroatoms. The highest BCUT2D eigenvalue weighted by Crippen LogP contribution is 2.34. The minimum absolute atomic E-state index is 0.0577. The minimum atomic E-state index is 0.0577. The molecule has 0 fully saturated rings. The zero-order valence-corrected chi connectivity index (χ0v) is 15.1. The van der Waals surface area contributed by atoms with Crippen molar-refractivity contribution in [1.29, 1.82) is 0 Å². The molecule has 1 unspecified atom stereocenters. The van der Waals surface area contributed by atoms with Crippen molar-refractivity contribution < 1.29 is 4.42 Å². The first kappa shape index (κ1) is 16.1. The van der Waals surface area contributed by atoms with Crippen molar-refractivity contribution in [3.8, 4) is 0 Å². The number of rotatable bonds is 5. The van der Waals surface area contributed by atoms with Gasteiger partial charge in [-0.25, -0.2) is 9.97 Å². The van der Waals surface area contributed by atoms with Crippen LogP contribution in [-0.4, -0.2) is 31.0 Å². The Morgan fingerprint density at radius 2 is 2.20 bits per heavy atom. The predicted octanol–water partition coefficient (Wildman–Crippen LogP) is 3.37. The average Bonchev–Trinajstić information content (AvgIpc) is 3.29. The number of nitrogens with zero attached hydrogens (tertiary/aromatic N) is 4. The number of imidazole rings is 2. The molecule has 1 aliphatic rings. The normalized spacial score (nSPS) is 17.8. The molecule has 0 spiro atoms. The second kappa shape index (κ2) is 6.52. The van der Waals surface area contributed by atoms with E-state index in [4.69, 9.17) is 4.42 Å². The van der Waals surface area contributed by atoms with Crippen molar-refractivity contribution in [3.63, 3.8) is 0 Å². The van der Waals surface area contributed by atoms with Gasteiger partial charge in [0.1, 0.15) is 23.4 Å². The Morgan fingerprint density at radius 1 is 1.32 bits per heavy atom. The quantitative estimate of drug-likeness (QED) is 0.774. The van der Waals surface area contributed by atoms with E-state index in [0.29, 0.717) is 0 Å². The van der Waals surface area contributed by atoms with Crippen molar-refractivity contribution in [1.82, 2.24) is 24.4 Å². The van der Waals surface area contributed by atoms with E-state index in [0.717, 1.165) is 55.5 Å². The second-order valence-electron chi connectivity index (χ2n) is 6.82. The highest BCUT2D eigenvalue weighted by Gasteiger charge is 2.34. The standard InChI is InChI=1S/C19H25N5O/c1-4-7-23-9-6-20-19(23)18-17-16(21-12-22-17)5-8-24(18)11-15-10-13(2)14(3)25-15/h6,9-10,12,18H,4-5,7-8,11H2,1-3H3,(H,21,22). The van der Waals surface area contributed by atoms with Crippen LogP contribution in [0, 0.1) is 13.8 Å². The third kappa shape index (κ3) is 2.91. The van der Waals surface area contributed by atoms with Gasteiger partial charge >= 0.3 is 0 Å². The van der Waals surface area contributed by atoms with Gasteiger partial charge in [-0.1, -0.05) is 6.92 Å². The molecule has 0 saturated carbocycles. The Morgan fingerprint density at radius 3 is 2.96 bits per heavy atom. The first-order valence-corrected chi connectivity index (χ1v) is 9.00. The van der Waals surface area contributed by atoms with Crippen molar-refractivity contribution in [2.75, 3.05) is 6.54 Å². The predicted molar refractivity (Wildman–Crippen MR) is 95.2 cm³/mol. The van der Waals surface area contributed by atoms with Gasteiger partial charge in [0, 0.05) is 37.6 Å². The molecule has 1 aliphatic heterocycles. The molecule has 0 aromatic carbocycles. The number of furan rings is 1. The smallest absolute Gasteiger partial charge is 0.132 e. The van der Waals surface area contributed by atoms with E-state index in [1.165, 1.54) is 11.3 Å². The molecule has 0 amide bonds. The first-order valence-electron chi connectivity index (χ1n) is 9.00. The van der Waals surface area contributed by atoms with Crippen LogP contribution in [0.3, 0.4) is 0 Å². The second-order valence-corrected chi connectivity index (χ2v) is 6.82. The van der Waals surface area contributed by atoms with Gasteiger partial charge < -0.3 is 14.0 Å². The van der Waals surface area contributed by atoms with Crippen LogP contribution < -0.4 is 0 Å². The van der Waals surface area contributed by atoms with Gasteiger partial charge in [-0.3, -0.25) is 4.90 Å². The number of aromatic nitrogens is 4. The number of hydrogen-bond acceptors (Lipinski definition) is 4. The van der Waals surface area contributed by atoms with Crippen molar-refractivity contribution in [3.05, 3.63) is 59.1 Å². The Hall–Kier alpha value is -2.34. The van der Waals surface area contributed by atoms with Crippen LogP contribution in [0.1, 0.15) is 53.7 Å². The molecule has 1 atom stereocenters. The molecule has 0 bridgehead atoms. The lowest BCUT2D eigenvalue weighted by atomic mass is 10.0. The molecule has 4 rings (SSSR count). The van der Waals surface area contributed by atoms with E-state index in [9.17, 15) is 0 Å². The van der Waals surface area contributed by atoms with Gasteiger partial charge in [-0.2, -0.15) is 0 Å². The number of H-pyrrole nitrogens is 1. The third-order valence-corrected chi connectivity index (χ3v) is 5.06. The van der Waals surface area contributed by atoms with Crippen molar-refractivity contribution in [2.24, 2.45) is 0 Å². The Balaban J connectivity index is 1.71. The monoisotopic (exact) mass is 339 g/mol. The molecule has 3 aromatic rings. The van der Waals surface area contributed by atoms with E-state index < -0.39 is 0 Å². The molecular formula is C19H25N5O. The summed E-state index contributed by atoms with van der Waals surface area (Å²) in [6.45, 7) is 9.00. The molecule has 6 nitrogen and oxygen atoms in total.